The van der Waals surface area contributed by atoms with Gasteiger partial charge in [0.05, 0.1) is 26.0 Å². The summed E-state index contributed by atoms with van der Waals surface area (Å²) >= 11 is 0. The van der Waals surface area contributed by atoms with Crippen LogP contribution >= 0.6 is 0 Å². The number of carbonyl (C=O) groups is 1. The molecule has 1 amide bonds. The number of hydrogen-bond donors (Lipinski definition) is 2. The quantitative estimate of drug-likeness (QED) is 0.603. The molecule has 1 aromatic carbocycles. The molecule has 2 aromatic heterocycles. The molecule has 3 aromatic rings. The minimum Gasteiger partial charge on any atom is -0.480 e. The van der Waals surface area contributed by atoms with Crippen LogP contribution in [-0.2, 0) is 12.1 Å². The number of aromatic nitrogens is 4. The number of nitrogens with zero attached hydrogens (tertiary/aromatic N) is 5. The number of benzene rings is 1. The first-order chi connectivity index (χ1) is 15.8. The number of amidine groups is 1. The Balaban J connectivity index is 0.00000149. The molecule has 12 heteroatoms. The van der Waals surface area contributed by atoms with Crippen LogP contribution in [0.1, 0.15) is 35.6 Å². The van der Waals surface area contributed by atoms with Crippen LogP contribution in [0.4, 0.5) is 18.9 Å². The number of ether oxygens (including phenoxy) is 1. The lowest BCUT2D eigenvalue weighted by Gasteiger charge is -2.34. The van der Waals surface area contributed by atoms with E-state index in [1.807, 2.05) is 13.8 Å². The van der Waals surface area contributed by atoms with Gasteiger partial charge in [-0.25, -0.2) is 28.1 Å². The predicted molar refractivity (Wildman–Crippen MR) is 115 cm³/mol. The number of carbonyl (C=O) groups excluding carboxylic acids is 1. The molecule has 0 radical (unpaired) electrons. The summed E-state index contributed by atoms with van der Waals surface area (Å²) in [5.74, 6) is -1.56. The number of nitrogens with one attached hydrogen (secondary N) is 1. The summed E-state index contributed by atoms with van der Waals surface area (Å²) in [6, 6.07) is 4.83. The van der Waals surface area contributed by atoms with Crippen LogP contribution in [-0.4, -0.2) is 45.0 Å². The van der Waals surface area contributed by atoms with Crippen molar-refractivity contribution in [1.29, 1.82) is 0 Å². The Labute approximate surface area is 187 Å². The largest absolute Gasteiger partial charge is 0.480 e. The molecule has 1 atom stereocenters. The standard InChI is InChI=1S/C19H16F3N7O2.C2H6/c1-31-15-8-24-13(7-25-15)17(30)27-10-2-3-12(20)11(6-10)19(18(21)22)9-29-14(4-5-26-29)16(23)28-19;1-2/h2-8,18H,9H2,1H3,(H2,23,28)(H,27,30);1-2H3. The second kappa shape index (κ2) is 9.67. The molecule has 174 valence electrons. The van der Waals surface area contributed by atoms with Crippen molar-refractivity contribution >= 4 is 17.4 Å². The Morgan fingerprint density at radius 1 is 1.24 bits per heavy atom. The van der Waals surface area contributed by atoms with E-state index in [2.05, 4.69) is 25.4 Å². The van der Waals surface area contributed by atoms with Crippen molar-refractivity contribution in [1.82, 2.24) is 19.7 Å². The highest BCUT2D eigenvalue weighted by Gasteiger charge is 2.47. The fourth-order valence-electron chi connectivity index (χ4n) is 3.26. The van der Waals surface area contributed by atoms with Gasteiger partial charge in [-0.2, -0.15) is 5.10 Å². The molecule has 0 saturated carbocycles. The van der Waals surface area contributed by atoms with Gasteiger partial charge in [0.1, 0.15) is 23.0 Å². The van der Waals surface area contributed by atoms with Gasteiger partial charge >= 0.3 is 0 Å². The molecule has 1 aliphatic heterocycles. The van der Waals surface area contributed by atoms with Crippen molar-refractivity contribution < 1.29 is 22.7 Å². The molecule has 0 fully saturated rings. The number of halogens is 3. The van der Waals surface area contributed by atoms with Gasteiger partial charge in [0.15, 0.2) is 5.54 Å². The summed E-state index contributed by atoms with van der Waals surface area (Å²) in [5.41, 5.74) is 3.49. The average Bonchev–Trinajstić information content (AvgIpc) is 3.30. The van der Waals surface area contributed by atoms with E-state index in [0.29, 0.717) is 5.69 Å². The smallest absolute Gasteiger partial charge is 0.275 e. The lowest BCUT2D eigenvalue weighted by atomic mass is 9.88. The minimum absolute atomic E-state index is 0.0450. The average molecular weight is 461 g/mol. The Bertz CT molecular complexity index is 1160. The van der Waals surface area contributed by atoms with Gasteiger partial charge in [0, 0.05) is 17.4 Å². The highest BCUT2D eigenvalue weighted by molar-refractivity contribution is 6.02. The molecule has 9 nitrogen and oxygen atoms in total. The molecule has 0 aliphatic carbocycles. The molecule has 1 unspecified atom stereocenters. The summed E-state index contributed by atoms with van der Waals surface area (Å²) in [5, 5.41) is 6.46. The Morgan fingerprint density at radius 3 is 2.64 bits per heavy atom. The van der Waals surface area contributed by atoms with E-state index in [1.54, 1.807) is 0 Å². The molecule has 3 N–H and O–H groups in total. The topological polar surface area (TPSA) is 120 Å². The predicted octanol–water partition coefficient (Wildman–Crippen LogP) is 2.98. The van der Waals surface area contributed by atoms with Gasteiger partial charge in [-0.15, -0.1) is 0 Å². The molecule has 0 bridgehead atoms. The molecule has 0 spiro atoms. The van der Waals surface area contributed by atoms with E-state index in [0.717, 1.165) is 12.1 Å². The molecular formula is C21H22F3N7O2. The first kappa shape index (κ1) is 23.7. The fourth-order valence-corrected chi connectivity index (χ4v) is 3.26. The third-order valence-corrected chi connectivity index (χ3v) is 4.81. The van der Waals surface area contributed by atoms with Gasteiger partial charge in [-0.3, -0.25) is 9.48 Å². The SMILES string of the molecule is CC.COc1cnc(C(=O)Nc2ccc(F)c(C3(C(F)F)Cn4nccc4C(N)=N3)c2)cn1. The second-order valence-corrected chi connectivity index (χ2v) is 6.69. The van der Waals surface area contributed by atoms with Crippen LogP contribution in [0.5, 0.6) is 5.88 Å². The number of hydrogen-bond acceptors (Lipinski definition) is 7. The van der Waals surface area contributed by atoms with Gasteiger partial charge in [0.2, 0.25) is 5.88 Å². The summed E-state index contributed by atoms with van der Waals surface area (Å²) in [7, 11) is 1.40. The number of anilines is 1. The van der Waals surface area contributed by atoms with E-state index < -0.39 is 35.8 Å². The maximum Gasteiger partial charge on any atom is 0.275 e. The van der Waals surface area contributed by atoms with Gasteiger partial charge in [-0.05, 0) is 24.3 Å². The fraction of sp³-hybridized carbons (Fsp3) is 0.286. The van der Waals surface area contributed by atoms with Gasteiger partial charge in [-0.1, -0.05) is 13.8 Å². The zero-order valence-corrected chi connectivity index (χ0v) is 18.1. The number of rotatable bonds is 5. The van der Waals surface area contributed by atoms with Crippen molar-refractivity contribution in [2.75, 3.05) is 12.4 Å². The van der Waals surface area contributed by atoms with E-state index >= 15 is 0 Å². The van der Waals surface area contributed by atoms with Gasteiger partial charge in [0.25, 0.3) is 12.3 Å². The van der Waals surface area contributed by atoms with Crippen LogP contribution in [0.2, 0.25) is 0 Å². The first-order valence-electron chi connectivity index (χ1n) is 9.97. The molecule has 1 aliphatic rings. The van der Waals surface area contributed by atoms with Gasteiger partial charge < -0.3 is 15.8 Å². The third-order valence-electron chi connectivity index (χ3n) is 4.81. The zero-order valence-electron chi connectivity index (χ0n) is 18.1. The van der Waals surface area contributed by atoms with E-state index in [9.17, 15) is 18.0 Å². The van der Waals surface area contributed by atoms with Crippen LogP contribution in [0.15, 0.2) is 47.8 Å². The summed E-state index contributed by atoms with van der Waals surface area (Å²) in [6.07, 6.45) is 0.724. The van der Waals surface area contributed by atoms with Crippen molar-refractivity contribution in [3.63, 3.8) is 0 Å². The Kier molecular flexibility index (Phi) is 6.95. The third kappa shape index (κ3) is 4.49. The molecule has 4 rings (SSSR count). The second-order valence-electron chi connectivity index (χ2n) is 6.69. The molecule has 33 heavy (non-hydrogen) atoms. The number of nitrogens with two attached hydrogens (primary N) is 1. The number of alkyl halides is 2. The highest BCUT2D eigenvalue weighted by atomic mass is 19.3. The van der Waals surface area contributed by atoms with Crippen molar-refractivity contribution in [3.8, 4) is 5.88 Å². The maximum atomic E-state index is 14.7. The lowest BCUT2D eigenvalue weighted by molar-refractivity contribution is 0.0364. The highest BCUT2D eigenvalue weighted by Crippen LogP contribution is 2.39. The first-order valence-corrected chi connectivity index (χ1v) is 9.97. The van der Waals surface area contributed by atoms with E-state index in [-0.39, 0.29) is 23.1 Å². The van der Waals surface area contributed by atoms with Crippen molar-refractivity contribution in [3.05, 3.63) is 65.6 Å². The summed E-state index contributed by atoms with van der Waals surface area (Å²) < 4.78 is 49.3. The number of amides is 1. The minimum atomic E-state index is -3.10. The Hall–Kier alpha value is -3.96. The van der Waals surface area contributed by atoms with Crippen LogP contribution < -0.4 is 15.8 Å². The van der Waals surface area contributed by atoms with Crippen molar-refractivity contribution in [2.24, 2.45) is 10.7 Å². The van der Waals surface area contributed by atoms with Crippen LogP contribution in [0, 0.1) is 5.82 Å². The monoisotopic (exact) mass is 461 g/mol. The summed E-state index contributed by atoms with van der Waals surface area (Å²) in [4.78, 5) is 24.2. The molecule has 3 heterocycles. The van der Waals surface area contributed by atoms with Crippen LogP contribution in [0.25, 0.3) is 0 Å². The number of aliphatic imine (C=N–C) groups is 1. The Morgan fingerprint density at radius 2 is 2.00 bits per heavy atom. The van der Waals surface area contributed by atoms with Crippen LogP contribution in [0.3, 0.4) is 0 Å². The van der Waals surface area contributed by atoms with E-state index in [4.69, 9.17) is 10.5 Å². The maximum absolute atomic E-state index is 14.7. The molecular weight excluding hydrogens is 439 g/mol. The zero-order chi connectivity index (χ0) is 24.2. The van der Waals surface area contributed by atoms with E-state index in [1.165, 1.54) is 42.5 Å². The summed E-state index contributed by atoms with van der Waals surface area (Å²) in [6.45, 7) is 3.58. The number of methoxy groups -OCH3 is 1. The molecule has 0 saturated heterocycles. The normalized spacial score (nSPS) is 16.9. The van der Waals surface area contributed by atoms with Crippen molar-refractivity contribution in [2.45, 2.75) is 32.4 Å². The number of fused-ring (bicyclic) bond motifs is 1. The lowest BCUT2D eigenvalue weighted by Crippen LogP contribution is -2.45.